The second-order valence-electron chi connectivity index (χ2n) is 3.74. The summed E-state index contributed by atoms with van der Waals surface area (Å²) in [5.74, 6) is -0.517. The highest BCUT2D eigenvalue weighted by Crippen LogP contribution is 2.25. The van der Waals surface area contributed by atoms with E-state index in [0.29, 0.717) is 0 Å². The van der Waals surface area contributed by atoms with Crippen molar-refractivity contribution in [2.75, 3.05) is 11.4 Å². The minimum Gasteiger partial charge on any atom is -0.269 e. The molecule has 0 saturated heterocycles. The number of hydrogen-bond donors (Lipinski definition) is 0. The first-order valence-electron chi connectivity index (χ1n) is 5.28. The molecule has 2 aromatic rings. The second-order valence-corrected chi connectivity index (χ2v) is 6.04. The molecule has 1 heterocycles. The summed E-state index contributed by atoms with van der Waals surface area (Å²) < 4.78 is 38.8. The summed E-state index contributed by atoms with van der Waals surface area (Å²) in [6.45, 7) is 0. The summed E-state index contributed by atoms with van der Waals surface area (Å²) in [7, 11) is -2.54. The Labute approximate surface area is 115 Å². The van der Waals surface area contributed by atoms with Crippen LogP contribution in [0.2, 0.25) is 5.15 Å². The van der Waals surface area contributed by atoms with Crippen LogP contribution in [0.25, 0.3) is 0 Å². The minimum atomic E-state index is -3.87. The number of pyridine rings is 1. The molecule has 0 radical (unpaired) electrons. The highest BCUT2D eigenvalue weighted by atomic mass is 35.5. The van der Waals surface area contributed by atoms with Gasteiger partial charge < -0.3 is 0 Å². The van der Waals surface area contributed by atoms with E-state index in [1.807, 2.05) is 0 Å². The van der Waals surface area contributed by atoms with Crippen molar-refractivity contribution in [3.63, 3.8) is 0 Å². The van der Waals surface area contributed by atoms with Gasteiger partial charge in [0.2, 0.25) is 0 Å². The standard InChI is InChI=1S/C12H10ClFN2O2S/c1-16(10-5-2-4-9(14)8-10)19(17,18)11-6-3-7-15-12(11)13/h2-8H,1H3. The van der Waals surface area contributed by atoms with Crippen molar-refractivity contribution in [3.05, 3.63) is 53.6 Å². The number of anilines is 1. The molecule has 0 atom stereocenters. The topological polar surface area (TPSA) is 50.3 Å². The van der Waals surface area contributed by atoms with Gasteiger partial charge in [0.15, 0.2) is 0 Å². The number of rotatable bonds is 3. The molecule has 0 bridgehead atoms. The van der Waals surface area contributed by atoms with Crippen LogP contribution in [-0.2, 0) is 10.0 Å². The average molecular weight is 301 g/mol. The molecule has 1 aromatic heterocycles. The number of hydrogen-bond acceptors (Lipinski definition) is 3. The maximum atomic E-state index is 13.1. The molecule has 0 saturated carbocycles. The summed E-state index contributed by atoms with van der Waals surface area (Å²) in [5, 5.41) is -0.120. The van der Waals surface area contributed by atoms with Gasteiger partial charge in [0.1, 0.15) is 15.9 Å². The second kappa shape index (κ2) is 5.14. The van der Waals surface area contributed by atoms with Crippen molar-refractivity contribution < 1.29 is 12.8 Å². The number of aromatic nitrogens is 1. The van der Waals surface area contributed by atoms with Crippen LogP contribution in [0.3, 0.4) is 0 Å². The van der Waals surface area contributed by atoms with Crippen LogP contribution >= 0.6 is 11.6 Å². The van der Waals surface area contributed by atoms with Crippen LogP contribution in [-0.4, -0.2) is 20.4 Å². The third kappa shape index (κ3) is 2.69. The zero-order valence-corrected chi connectivity index (χ0v) is 11.5. The van der Waals surface area contributed by atoms with Crippen molar-refractivity contribution in [1.29, 1.82) is 0 Å². The zero-order valence-electron chi connectivity index (χ0n) is 9.92. The lowest BCUT2D eigenvalue weighted by Gasteiger charge is -2.19. The predicted octanol–water partition coefficient (Wildman–Crippen LogP) is 2.70. The average Bonchev–Trinajstić information content (AvgIpc) is 2.38. The van der Waals surface area contributed by atoms with E-state index in [1.54, 1.807) is 0 Å². The van der Waals surface area contributed by atoms with E-state index in [-0.39, 0.29) is 15.7 Å². The first-order chi connectivity index (χ1) is 8.93. The summed E-state index contributed by atoms with van der Waals surface area (Å²) in [6, 6.07) is 8.11. The van der Waals surface area contributed by atoms with Crippen LogP contribution in [0.15, 0.2) is 47.5 Å². The van der Waals surface area contributed by atoms with Crippen molar-refractivity contribution in [3.8, 4) is 0 Å². The predicted molar refractivity (Wildman–Crippen MR) is 71.2 cm³/mol. The van der Waals surface area contributed by atoms with Gasteiger partial charge in [-0.15, -0.1) is 0 Å². The Bertz CT molecular complexity index is 706. The van der Waals surface area contributed by atoms with Gasteiger partial charge in [-0.3, -0.25) is 4.31 Å². The number of sulfonamides is 1. The van der Waals surface area contributed by atoms with Crippen molar-refractivity contribution >= 4 is 27.3 Å². The molecule has 0 amide bonds. The van der Waals surface area contributed by atoms with Gasteiger partial charge in [0.05, 0.1) is 5.69 Å². The molecule has 0 aliphatic carbocycles. The third-order valence-corrected chi connectivity index (χ3v) is 4.77. The molecule has 7 heteroatoms. The first kappa shape index (κ1) is 13.8. The van der Waals surface area contributed by atoms with Crippen LogP contribution in [0.5, 0.6) is 0 Å². The SMILES string of the molecule is CN(c1cccc(F)c1)S(=O)(=O)c1cccnc1Cl. The van der Waals surface area contributed by atoms with Gasteiger partial charge in [0.25, 0.3) is 10.0 Å². The van der Waals surface area contributed by atoms with E-state index in [2.05, 4.69) is 4.98 Å². The largest absolute Gasteiger partial charge is 0.269 e. The highest BCUT2D eigenvalue weighted by Gasteiger charge is 2.24. The Morgan fingerprint density at radius 2 is 2.00 bits per heavy atom. The number of nitrogens with zero attached hydrogens (tertiary/aromatic N) is 2. The van der Waals surface area contributed by atoms with Crippen LogP contribution in [0.4, 0.5) is 10.1 Å². The van der Waals surface area contributed by atoms with Crippen molar-refractivity contribution in [1.82, 2.24) is 4.98 Å². The Balaban J connectivity index is 2.49. The normalized spacial score (nSPS) is 11.3. The van der Waals surface area contributed by atoms with E-state index in [4.69, 9.17) is 11.6 Å². The Morgan fingerprint density at radius 3 is 2.63 bits per heavy atom. The third-order valence-electron chi connectivity index (χ3n) is 2.54. The van der Waals surface area contributed by atoms with Crippen molar-refractivity contribution in [2.24, 2.45) is 0 Å². The molecule has 19 heavy (non-hydrogen) atoms. The van der Waals surface area contributed by atoms with Gasteiger partial charge >= 0.3 is 0 Å². The Kier molecular flexibility index (Phi) is 3.73. The molecule has 2 rings (SSSR count). The molecular weight excluding hydrogens is 291 g/mol. The van der Waals surface area contributed by atoms with Crippen LogP contribution < -0.4 is 4.31 Å². The van der Waals surface area contributed by atoms with E-state index in [0.717, 1.165) is 10.4 Å². The Morgan fingerprint density at radius 1 is 1.26 bits per heavy atom. The highest BCUT2D eigenvalue weighted by molar-refractivity contribution is 7.92. The van der Waals surface area contributed by atoms with E-state index in [9.17, 15) is 12.8 Å². The molecule has 0 N–H and O–H groups in total. The molecule has 0 aliphatic heterocycles. The first-order valence-corrected chi connectivity index (χ1v) is 7.10. The summed E-state index contributed by atoms with van der Waals surface area (Å²) in [5.41, 5.74) is 0.208. The molecule has 100 valence electrons. The molecule has 4 nitrogen and oxygen atoms in total. The van der Waals surface area contributed by atoms with Gasteiger partial charge in [-0.2, -0.15) is 0 Å². The maximum Gasteiger partial charge on any atom is 0.267 e. The minimum absolute atomic E-state index is 0.120. The molecule has 0 unspecified atom stereocenters. The lowest BCUT2D eigenvalue weighted by molar-refractivity contribution is 0.593. The Hall–Kier alpha value is -1.66. The fraction of sp³-hybridized carbons (Fsp3) is 0.0833. The van der Waals surface area contributed by atoms with Gasteiger partial charge in [-0.05, 0) is 30.3 Å². The zero-order chi connectivity index (χ0) is 14.0. The molecule has 1 aromatic carbocycles. The maximum absolute atomic E-state index is 13.1. The van der Waals surface area contributed by atoms with E-state index in [1.165, 1.54) is 43.6 Å². The molecule has 0 fully saturated rings. The van der Waals surface area contributed by atoms with Crippen LogP contribution in [0.1, 0.15) is 0 Å². The molecule has 0 aliphatic rings. The molecule has 0 spiro atoms. The van der Waals surface area contributed by atoms with Crippen LogP contribution in [0, 0.1) is 5.82 Å². The van der Waals surface area contributed by atoms with E-state index < -0.39 is 15.8 Å². The van der Waals surface area contributed by atoms with Gasteiger partial charge in [-0.25, -0.2) is 17.8 Å². The summed E-state index contributed by atoms with van der Waals surface area (Å²) in [6.07, 6.45) is 1.39. The lowest BCUT2D eigenvalue weighted by Crippen LogP contribution is -2.27. The number of benzene rings is 1. The molecular formula is C12H10ClFN2O2S. The van der Waals surface area contributed by atoms with Crippen molar-refractivity contribution in [2.45, 2.75) is 4.90 Å². The smallest absolute Gasteiger partial charge is 0.267 e. The lowest BCUT2D eigenvalue weighted by atomic mass is 10.3. The summed E-state index contributed by atoms with van der Waals surface area (Å²) >= 11 is 5.78. The fourth-order valence-electron chi connectivity index (χ4n) is 1.52. The van der Waals surface area contributed by atoms with E-state index >= 15 is 0 Å². The van der Waals surface area contributed by atoms with Gasteiger partial charge in [0, 0.05) is 13.2 Å². The monoisotopic (exact) mass is 300 g/mol. The number of halogens is 2. The fourth-order valence-corrected chi connectivity index (χ4v) is 3.14. The van der Waals surface area contributed by atoms with Gasteiger partial charge in [-0.1, -0.05) is 17.7 Å². The quantitative estimate of drug-likeness (QED) is 0.819. The summed E-state index contributed by atoms with van der Waals surface area (Å²) in [4.78, 5) is 3.60.